The van der Waals surface area contributed by atoms with Gasteiger partial charge in [0, 0.05) is 0 Å². The van der Waals surface area contributed by atoms with Crippen LogP contribution in [-0.2, 0) is 34.5 Å². The summed E-state index contributed by atoms with van der Waals surface area (Å²) in [4.78, 5) is 0. The topological polar surface area (TPSA) is 63.2 Å². The van der Waals surface area contributed by atoms with E-state index in [0.717, 1.165) is 22.1 Å². The van der Waals surface area contributed by atoms with Crippen molar-refractivity contribution in [3.05, 3.63) is 42.0 Å². The molecule has 1 unspecified atom stereocenters. The highest BCUT2D eigenvalue weighted by molar-refractivity contribution is 8.12. The van der Waals surface area contributed by atoms with Crippen molar-refractivity contribution in [2.45, 2.75) is 33.1 Å². The van der Waals surface area contributed by atoms with Crippen molar-refractivity contribution >= 4 is 36.7 Å². The molecule has 29 heavy (non-hydrogen) atoms. The van der Waals surface area contributed by atoms with Gasteiger partial charge in [0.15, 0.2) is 5.40 Å². The fraction of sp³-hybridized carbons (Fsp3) is 0.500. The largest absolute Gasteiger partial charge is 0.497 e. The van der Waals surface area contributed by atoms with Crippen LogP contribution in [0.2, 0.25) is 0 Å². The van der Waals surface area contributed by atoms with Crippen LogP contribution in [0.1, 0.15) is 38.7 Å². The van der Waals surface area contributed by atoms with Crippen LogP contribution >= 0.6 is 14.1 Å². The molecule has 0 fully saturated rings. The average molecular weight is 460 g/mol. The SMILES string of the molecule is CCOP(=O)(OCC)C(c1ccc2cc(OC)ccc2c1)P(=S)(OCC)OCC. The fourth-order valence-corrected chi connectivity index (χ4v) is 10.6. The quantitative estimate of drug-likeness (QED) is 0.335. The van der Waals surface area contributed by atoms with E-state index >= 15 is 0 Å². The molecular formula is C20H30O6P2S. The second kappa shape index (κ2) is 11.0. The molecule has 2 rings (SSSR count). The molecule has 1 atom stereocenters. The third kappa shape index (κ3) is 5.68. The van der Waals surface area contributed by atoms with Crippen LogP contribution in [0.25, 0.3) is 10.8 Å². The number of fused-ring (bicyclic) bond motifs is 1. The molecule has 162 valence electrons. The smallest absolute Gasteiger partial charge is 0.347 e. The Hall–Kier alpha value is -0.780. The van der Waals surface area contributed by atoms with E-state index in [-0.39, 0.29) is 13.2 Å². The number of hydrogen-bond acceptors (Lipinski definition) is 7. The Morgan fingerprint density at radius 1 is 0.828 bits per heavy atom. The van der Waals surface area contributed by atoms with Gasteiger partial charge in [-0.3, -0.25) is 4.57 Å². The van der Waals surface area contributed by atoms with E-state index in [9.17, 15) is 4.57 Å². The highest BCUT2D eigenvalue weighted by Gasteiger charge is 2.48. The molecule has 0 saturated carbocycles. The van der Waals surface area contributed by atoms with Gasteiger partial charge in [-0.05, 0) is 74.0 Å². The number of benzene rings is 2. The third-order valence-electron chi connectivity index (χ3n) is 4.20. The van der Waals surface area contributed by atoms with Gasteiger partial charge in [0.2, 0.25) is 6.49 Å². The molecule has 0 saturated heterocycles. The maximum atomic E-state index is 13.9. The van der Waals surface area contributed by atoms with Gasteiger partial charge in [-0.2, -0.15) is 0 Å². The van der Waals surface area contributed by atoms with E-state index in [2.05, 4.69) is 0 Å². The maximum absolute atomic E-state index is 13.9. The van der Waals surface area contributed by atoms with Crippen molar-refractivity contribution in [3.63, 3.8) is 0 Å². The lowest BCUT2D eigenvalue weighted by molar-refractivity contribution is 0.210. The summed E-state index contributed by atoms with van der Waals surface area (Å²) in [7, 11) is -2.02. The Balaban J connectivity index is 2.69. The molecule has 9 heteroatoms. The van der Waals surface area contributed by atoms with Crippen molar-refractivity contribution in [3.8, 4) is 5.75 Å². The van der Waals surface area contributed by atoms with Crippen LogP contribution in [0.5, 0.6) is 5.75 Å². The van der Waals surface area contributed by atoms with Gasteiger partial charge in [-0.1, -0.05) is 18.2 Å². The molecule has 0 amide bonds. The van der Waals surface area contributed by atoms with E-state index in [1.54, 1.807) is 21.0 Å². The van der Waals surface area contributed by atoms with E-state index < -0.39 is 19.5 Å². The average Bonchev–Trinajstić information content (AvgIpc) is 2.68. The molecule has 2 aromatic carbocycles. The first-order valence-electron chi connectivity index (χ1n) is 9.72. The first-order valence-corrected chi connectivity index (χ1v) is 14.0. The third-order valence-corrected chi connectivity index (χ3v) is 12.0. The molecule has 0 heterocycles. The van der Waals surface area contributed by atoms with Crippen LogP contribution in [0, 0.1) is 0 Å². The zero-order chi connectivity index (χ0) is 21.5. The van der Waals surface area contributed by atoms with E-state index in [4.69, 9.17) is 34.6 Å². The lowest BCUT2D eigenvalue weighted by Gasteiger charge is -2.34. The minimum atomic E-state index is -3.66. The normalized spacial score (nSPS) is 13.6. The summed E-state index contributed by atoms with van der Waals surface area (Å²) in [6, 6.07) is 11.6. The predicted molar refractivity (Wildman–Crippen MR) is 122 cm³/mol. The molecule has 0 aliphatic heterocycles. The molecule has 0 aromatic heterocycles. The van der Waals surface area contributed by atoms with E-state index in [0.29, 0.717) is 13.2 Å². The van der Waals surface area contributed by atoms with Gasteiger partial charge in [0.25, 0.3) is 0 Å². The zero-order valence-corrected chi connectivity index (χ0v) is 20.2. The molecular weight excluding hydrogens is 430 g/mol. The number of hydrogen-bond donors (Lipinski definition) is 0. The molecule has 0 radical (unpaired) electrons. The monoisotopic (exact) mass is 460 g/mol. The summed E-state index contributed by atoms with van der Waals surface area (Å²) in [5.41, 5.74) is 0.720. The van der Waals surface area contributed by atoms with Crippen LogP contribution in [0.4, 0.5) is 0 Å². The lowest BCUT2D eigenvalue weighted by atomic mass is 10.1. The van der Waals surface area contributed by atoms with Gasteiger partial charge in [0.1, 0.15) is 5.75 Å². The van der Waals surface area contributed by atoms with Crippen molar-refractivity contribution in [2.75, 3.05) is 33.5 Å². The Bertz CT molecular complexity index is 854. The van der Waals surface area contributed by atoms with E-state index in [1.807, 2.05) is 50.2 Å². The zero-order valence-electron chi connectivity index (χ0n) is 17.6. The fourth-order valence-electron chi connectivity index (χ4n) is 3.14. The molecule has 0 bridgehead atoms. The van der Waals surface area contributed by atoms with Crippen molar-refractivity contribution in [1.82, 2.24) is 0 Å². The number of methoxy groups -OCH3 is 1. The van der Waals surface area contributed by atoms with Gasteiger partial charge in [0.05, 0.1) is 33.5 Å². The van der Waals surface area contributed by atoms with Crippen molar-refractivity contribution in [2.24, 2.45) is 0 Å². The second-order valence-corrected chi connectivity index (χ2v) is 12.3. The van der Waals surface area contributed by atoms with Gasteiger partial charge in [-0.25, -0.2) is 0 Å². The first kappa shape index (κ1) is 24.5. The minimum Gasteiger partial charge on any atom is -0.497 e. The minimum absolute atomic E-state index is 0.228. The number of rotatable bonds is 12. The molecule has 0 N–H and O–H groups in total. The molecule has 6 nitrogen and oxygen atoms in total. The highest BCUT2D eigenvalue weighted by atomic mass is 32.5. The maximum Gasteiger partial charge on any atom is 0.347 e. The molecule has 0 spiro atoms. The van der Waals surface area contributed by atoms with Crippen molar-refractivity contribution in [1.29, 1.82) is 0 Å². The van der Waals surface area contributed by atoms with Crippen LogP contribution in [0.15, 0.2) is 36.4 Å². The highest BCUT2D eigenvalue weighted by Crippen LogP contribution is 2.78. The summed E-state index contributed by atoms with van der Waals surface area (Å²) in [6.45, 7) is 5.36. The Morgan fingerprint density at radius 2 is 1.34 bits per heavy atom. The standard InChI is InChI=1S/C20H30O6P2S/c1-6-23-27(21,24-7-2)20(28(29,25-8-3)26-9-4)18-11-10-17-15-19(22-5)13-12-16(17)14-18/h10-15,20H,6-9H2,1-5H3. The second-order valence-electron chi connectivity index (χ2n) is 6.10. The van der Waals surface area contributed by atoms with Crippen LogP contribution in [-0.4, -0.2) is 33.5 Å². The van der Waals surface area contributed by atoms with Crippen LogP contribution < -0.4 is 4.74 Å². The Morgan fingerprint density at radius 3 is 1.86 bits per heavy atom. The molecule has 2 aromatic rings. The lowest BCUT2D eigenvalue weighted by Crippen LogP contribution is -2.11. The van der Waals surface area contributed by atoms with Gasteiger partial charge >= 0.3 is 7.60 Å². The van der Waals surface area contributed by atoms with Gasteiger partial charge in [-0.15, -0.1) is 0 Å². The number of ether oxygens (including phenoxy) is 1. The molecule has 0 aliphatic carbocycles. The summed E-state index contributed by atoms with van der Waals surface area (Å²) >= 11 is 5.86. The van der Waals surface area contributed by atoms with Crippen LogP contribution in [0.3, 0.4) is 0 Å². The summed E-state index contributed by atoms with van der Waals surface area (Å²) in [6.07, 6.45) is 0. The predicted octanol–water partition coefficient (Wildman–Crippen LogP) is 6.50. The summed E-state index contributed by atoms with van der Waals surface area (Å²) in [5.74, 6) is 0.768. The summed E-state index contributed by atoms with van der Waals surface area (Å²) in [5, 5.41) is 1.13. The van der Waals surface area contributed by atoms with Crippen molar-refractivity contribution < 1.29 is 27.4 Å². The Kier molecular flexibility index (Phi) is 9.30. The first-order chi connectivity index (χ1) is 13.9. The van der Waals surface area contributed by atoms with E-state index in [1.165, 1.54) is 0 Å². The summed E-state index contributed by atoms with van der Waals surface area (Å²) < 4.78 is 42.4. The Labute approximate surface area is 178 Å². The van der Waals surface area contributed by atoms with Gasteiger partial charge < -0.3 is 22.8 Å². The molecule has 0 aliphatic rings.